The normalized spacial score (nSPS) is 17.4. The molecular formula is C14H17N3O2. The molecule has 100 valence electrons. The van der Waals surface area contributed by atoms with Gasteiger partial charge in [-0.25, -0.2) is 4.98 Å². The van der Waals surface area contributed by atoms with Crippen molar-refractivity contribution in [3.63, 3.8) is 0 Å². The summed E-state index contributed by atoms with van der Waals surface area (Å²) in [7, 11) is 0. The summed E-state index contributed by atoms with van der Waals surface area (Å²) < 4.78 is 5.68. The van der Waals surface area contributed by atoms with Crippen molar-refractivity contribution >= 4 is 6.01 Å². The standard InChI is InChI=1S/C14H17N3O2/c18-13(11-4-2-1-3-5-11)12-10-16-14(19-12)17-8-6-15-7-9-17/h1-5,10,13,15,18H,6-9H2. The van der Waals surface area contributed by atoms with E-state index >= 15 is 0 Å². The molecule has 19 heavy (non-hydrogen) atoms. The van der Waals surface area contributed by atoms with Gasteiger partial charge >= 0.3 is 0 Å². The number of anilines is 1. The van der Waals surface area contributed by atoms with Crippen molar-refractivity contribution in [2.45, 2.75) is 6.10 Å². The summed E-state index contributed by atoms with van der Waals surface area (Å²) in [6.45, 7) is 3.61. The summed E-state index contributed by atoms with van der Waals surface area (Å²) in [6.07, 6.45) is 0.847. The fourth-order valence-electron chi connectivity index (χ4n) is 2.21. The van der Waals surface area contributed by atoms with E-state index in [9.17, 15) is 5.11 Å². The maximum Gasteiger partial charge on any atom is 0.297 e. The molecule has 5 nitrogen and oxygen atoms in total. The number of benzene rings is 1. The molecule has 0 radical (unpaired) electrons. The maximum atomic E-state index is 10.2. The lowest BCUT2D eigenvalue weighted by Crippen LogP contribution is -2.43. The highest BCUT2D eigenvalue weighted by atomic mass is 16.4. The molecule has 1 aliphatic rings. The molecule has 1 aromatic heterocycles. The second-order valence-electron chi connectivity index (χ2n) is 4.60. The van der Waals surface area contributed by atoms with Gasteiger partial charge in [-0.05, 0) is 5.56 Å². The highest BCUT2D eigenvalue weighted by Gasteiger charge is 2.19. The van der Waals surface area contributed by atoms with Crippen molar-refractivity contribution < 1.29 is 9.52 Å². The summed E-state index contributed by atoms with van der Waals surface area (Å²) in [4.78, 5) is 6.34. The highest BCUT2D eigenvalue weighted by molar-refractivity contribution is 5.30. The van der Waals surface area contributed by atoms with Crippen LogP contribution in [0.3, 0.4) is 0 Å². The summed E-state index contributed by atoms with van der Waals surface area (Å²) in [5.41, 5.74) is 0.811. The van der Waals surface area contributed by atoms with Crippen LogP contribution in [0.1, 0.15) is 17.4 Å². The molecule has 1 unspecified atom stereocenters. The SMILES string of the molecule is OC(c1ccccc1)c1cnc(N2CCNCC2)o1. The molecule has 1 fully saturated rings. The van der Waals surface area contributed by atoms with Crippen molar-refractivity contribution in [2.24, 2.45) is 0 Å². The third-order valence-electron chi connectivity index (χ3n) is 3.28. The molecule has 1 aromatic carbocycles. The third-order valence-corrected chi connectivity index (χ3v) is 3.28. The van der Waals surface area contributed by atoms with Gasteiger partial charge in [-0.2, -0.15) is 0 Å². The van der Waals surface area contributed by atoms with Gasteiger partial charge in [0.05, 0.1) is 6.20 Å². The van der Waals surface area contributed by atoms with E-state index in [1.807, 2.05) is 30.3 Å². The molecule has 0 aliphatic carbocycles. The van der Waals surface area contributed by atoms with E-state index in [-0.39, 0.29) is 0 Å². The number of rotatable bonds is 3. The van der Waals surface area contributed by atoms with Gasteiger partial charge in [-0.3, -0.25) is 0 Å². The Labute approximate surface area is 111 Å². The Morgan fingerprint density at radius 2 is 1.95 bits per heavy atom. The first kappa shape index (κ1) is 12.2. The van der Waals surface area contributed by atoms with E-state index in [0.717, 1.165) is 31.7 Å². The minimum absolute atomic E-state index is 0.486. The molecule has 5 heteroatoms. The average molecular weight is 259 g/mol. The Morgan fingerprint density at radius 1 is 1.21 bits per heavy atom. The Kier molecular flexibility index (Phi) is 3.48. The number of aliphatic hydroxyl groups is 1. The number of oxazole rings is 1. The van der Waals surface area contributed by atoms with Crippen molar-refractivity contribution in [2.75, 3.05) is 31.1 Å². The summed E-state index contributed by atoms with van der Waals surface area (Å²) in [6, 6.07) is 10.0. The van der Waals surface area contributed by atoms with Gasteiger partial charge in [0.2, 0.25) is 0 Å². The predicted molar refractivity (Wildman–Crippen MR) is 72.1 cm³/mol. The zero-order chi connectivity index (χ0) is 13.1. The van der Waals surface area contributed by atoms with Crippen molar-refractivity contribution in [1.82, 2.24) is 10.3 Å². The number of hydrogen-bond donors (Lipinski definition) is 2. The third kappa shape index (κ3) is 2.62. The van der Waals surface area contributed by atoms with Gasteiger partial charge in [0.25, 0.3) is 6.01 Å². The van der Waals surface area contributed by atoms with Crippen LogP contribution in [0, 0.1) is 0 Å². The Bertz CT molecular complexity index is 520. The van der Waals surface area contributed by atoms with Crippen LogP contribution in [-0.4, -0.2) is 36.3 Å². The number of nitrogens with one attached hydrogen (secondary N) is 1. The number of piperazine rings is 1. The summed E-state index contributed by atoms with van der Waals surface area (Å²) in [5, 5.41) is 13.5. The first-order valence-electron chi connectivity index (χ1n) is 6.49. The number of hydrogen-bond acceptors (Lipinski definition) is 5. The van der Waals surface area contributed by atoms with Gasteiger partial charge in [0, 0.05) is 26.2 Å². The van der Waals surface area contributed by atoms with E-state index in [1.165, 1.54) is 0 Å². The minimum Gasteiger partial charge on any atom is -0.425 e. The van der Waals surface area contributed by atoms with E-state index in [2.05, 4.69) is 15.2 Å². The molecule has 1 aliphatic heterocycles. The molecule has 3 rings (SSSR count). The summed E-state index contributed by atoms with van der Waals surface area (Å²) in [5.74, 6) is 0.486. The molecule has 0 spiro atoms. The van der Waals surface area contributed by atoms with Gasteiger partial charge < -0.3 is 19.7 Å². The Morgan fingerprint density at radius 3 is 2.68 bits per heavy atom. The molecule has 1 saturated heterocycles. The molecule has 2 aromatic rings. The number of aromatic nitrogens is 1. The van der Waals surface area contributed by atoms with E-state index in [4.69, 9.17) is 4.42 Å². The average Bonchev–Trinajstić information content (AvgIpc) is 2.98. The van der Waals surface area contributed by atoms with Crippen LogP contribution in [0.2, 0.25) is 0 Å². The van der Waals surface area contributed by atoms with Crippen molar-refractivity contribution in [3.8, 4) is 0 Å². The fourth-order valence-corrected chi connectivity index (χ4v) is 2.21. The van der Waals surface area contributed by atoms with Crippen LogP contribution in [0.15, 0.2) is 40.9 Å². The lowest BCUT2D eigenvalue weighted by Gasteiger charge is -2.25. The zero-order valence-electron chi connectivity index (χ0n) is 10.6. The van der Waals surface area contributed by atoms with E-state index in [1.54, 1.807) is 6.20 Å². The lowest BCUT2D eigenvalue weighted by molar-refractivity contribution is 0.190. The van der Waals surface area contributed by atoms with Gasteiger partial charge in [-0.1, -0.05) is 30.3 Å². The fraction of sp³-hybridized carbons (Fsp3) is 0.357. The first-order chi connectivity index (χ1) is 9.34. The van der Waals surface area contributed by atoms with Gasteiger partial charge in [-0.15, -0.1) is 0 Å². The molecule has 1 atom stereocenters. The van der Waals surface area contributed by atoms with Crippen LogP contribution in [-0.2, 0) is 0 Å². The van der Waals surface area contributed by atoms with Gasteiger partial charge in [0.1, 0.15) is 6.10 Å². The largest absolute Gasteiger partial charge is 0.425 e. The highest BCUT2D eigenvalue weighted by Crippen LogP contribution is 2.25. The molecule has 0 amide bonds. The second-order valence-corrected chi connectivity index (χ2v) is 4.60. The lowest BCUT2D eigenvalue weighted by atomic mass is 10.1. The molecule has 2 heterocycles. The molecular weight excluding hydrogens is 242 g/mol. The summed E-state index contributed by atoms with van der Waals surface area (Å²) >= 11 is 0. The quantitative estimate of drug-likeness (QED) is 0.866. The number of nitrogens with zero attached hydrogens (tertiary/aromatic N) is 2. The Hall–Kier alpha value is -1.85. The van der Waals surface area contributed by atoms with Crippen LogP contribution in [0.5, 0.6) is 0 Å². The minimum atomic E-state index is -0.759. The van der Waals surface area contributed by atoms with Crippen LogP contribution < -0.4 is 10.2 Å². The molecule has 2 N–H and O–H groups in total. The number of aliphatic hydroxyl groups excluding tert-OH is 1. The topological polar surface area (TPSA) is 61.5 Å². The van der Waals surface area contributed by atoms with Gasteiger partial charge in [0.15, 0.2) is 5.76 Å². The van der Waals surface area contributed by atoms with Crippen molar-refractivity contribution in [3.05, 3.63) is 47.9 Å². The molecule has 0 saturated carbocycles. The van der Waals surface area contributed by atoms with Crippen LogP contribution in [0.4, 0.5) is 6.01 Å². The zero-order valence-corrected chi connectivity index (χ0v) is 10.6. The predicted octanol–water partition coefficient (Wildman–Crippen LogP) is 1.17. The first-order valence-corrected chi connectivity index (χ1v) is 6.49. The maximum absolute atomic E-state index is 10.2. The Balaban J connectivity index is 1.77. The van der Waals surface area contributed by atoms with E-state index < -0.39 is 6.10 Å². The monoisotopic (exact) mass is 259 g/mol. The molecule has 0 bridgehead atoms. The van der Waals surface area contributed by atoms with E-state index in [0.29, 0.717) is 11.8 Å². The van der Waals surface area contributed by atoms with Crippen molar-refractivity contribution in [1.29, 1.82) is 0 Å². The smallest absolute Gasteiger partial charge is 0.297 e. The second kappa shape index (κ2) is 5.42. The van der Waals surface area contributed by atoms with Crippen LogP contribution in [0.25, 0.3) is 0 Å². The van der Waals surface area contributed by atoms with Crippen LogP contribution >= 0.6 is 0 Å².